The van der Waals surface area contributed by atoms with Gasteiger partial charge in [-0.3, -0.25) is 4.79 Å². The fraction of sp³-hybridized carbons (Fsp3) is 0.333. The zero-order chi connectivity index (χ0) is 14.9. The lowest BCUT2D eigenvalue weighted by Crippen LogP contribution is -2.31. The topological polar surface area (TPSA) is 89.3 Å². The number of halogens is 1. The first-order valence-electron chi connectivity index (χ1n) is 5.90. The van der Waals surface area contributed by atoms with Crippen molar-refractivity contribution in [3.05, 3.63) is 23.4 Å². The second-order valence-electron chi connectivity index (χ2n) is 4.76. The Hall–Kier alpha value is -1.60. The Morgan fingerprint density at radius 1 is 1.45 bits per heavy atom. The highest BCUT2D eigenvalue weighted by Crippen LogP contribution is 2.25. The van der Waals surface area contributed by atoms with Crippen LogP contribution in [0.4, 0.5) is 0 Å². The minimum atomic E-state index is -3.92. The molecule has 1 aromatic heterocycles. The van der Waals surface area contributed by atoms with Gasteiger partial charge in [-0.15, -0.1) is 0 Å². The number of sulfonamides is 1. The molecule has 1 amide bonds. The van der Waals surface area contributed by atoms with Crippen LogP contribution in [-0.4, -0.2) is 19.5 Å². The van der Waals surface area contributed by atoms with Gasteiger partial charge in [0.05, 0.1) is 10.3 Å². The Morgan fingerprint density at radius 2 is 2.15 bits per heavy atom. The fourth-order valence-electron chi connectivity index (χ4n) is 1.68. The lowest BCUT2D eigenvalue weighted by atomic mass is 10.1. The summed E-state index contributed by atoms with van der Waals surface area (Å²) < 4.78 is 31.1. The SMILES string of the molecule is CC(C)CC(=O)NS(=O)(=O)c1ccc2onc(Cl)c2c1. The second-order valence-corrected chi connectivity index (χ2v) is 6.80. The molecule has 8 heteroatoms. The van der Waals surface area contributed by atoms with E-state index in [9.17, 15) is 13.2 Å². The Labute approximate surface area is 121 Å². The molecule has 20 heavy (non-hydrogen) atoms. The van der Waals surface area contributed by atoms with Crippen molar-refractivity contribution in [2.75, 3.05) is 0 Å². The largest absolute Gasteiger partial charge is 0.355 e. The monoisotopic (exact) mass is 316 g/mol. The van der Waals surface area contributed by atoms with Crippen molar-refractivity contribution in [3.63, 3.8) is 0 Å². The van der Waals surface area contributed by atoms with Crippen molar-refractivity contribution in [1.29, 1.82) is 0 Å². The fourth-order valence-corrected chi connectivity index (χ4v) is 2.88. The molecular weight excluding hydrogens is 304 g/mol. The molecule has 1 aromatic carbocycles. The molecule has 0 aliphatic carbocycles. The number of nitrogens with zero attached hydrogens (tertiary/aromatic N) is 1. The molecular formula is C12H13ClN2O4S. The third-order valence-corrected chi connectivity index (χ3v) is 4.19. The summed E-state index contributed by atoms with van der Waals surface area (Å²) in [6, 6.07) is 4.09. The van der Waals surface area contributed by atoms with Crippen LogP contribution in [0.5, 0.6) is 0 Å². The normalized spacial score (nSPS) is 12.0. The number of hydrogen-bond donors (Lipinski definition) is 1. The maximum Gasteiger partial charge on any atom is 0.264 e. The predicted octanol–water partition coefficient (Wildman–Crippen LogP) is 2.33. The Kier molecular flexibility index (Phi) is 4.01. The quantitative estimate of drug-likeness (QED) is 0.935. The van der Waals surface area contributed by atoms with Crippen LogP contribution in [0.25, 0.3) is 11.0 Å². The van der Waals surface area contributed by atoms with E-state index in [-0.39, 0.29) is 22.4 Å². The number of hydrogen-bond acceptors (Lipinski definition) is 5. The third kappa shape index (κ3) is 3.10. The predicted molar refractivity (Wildman–Crippen MR) is 73.8 cm³/mol. The van der Waals surface area contributed by atoms with Crippen LogP contribution in [0.2, 0.25) is 5.15 Å². The third-order valence-electron chi connectivity index (χ3n) is 2.55. The van der Waals surface area contributed by atoms with E-state index >= 15 is 0 Å². The molecule has 0 saturated carbocycles. The van der Waals surface area contributed by atoms with E-state index < -0.39 is 15.9 Å². The van der Waals surface area contributed by atoms with E-state index in [1.807, 2.05) is 18.6 Å². The van der Waals surface area contributed by atoms with Gasteiger partial charge in [0.2, 0.25) is 5.91 Å². The van der Waals surface area contributed by atoms with E-state index in [2.05, 4.69) is 5.16 Å². The summed E-state index contributed by atoms with van der Waals surface area (Å²) in [5.41, 5.74) is 0.377. The summed E-state index contributed by atoms with van der Waals surface area (Å²) in [5.74, 6) is -0.475. The van der Waals surface area contributed by atoms with Crippen LogP contribution in [0, 0.1) is 5.92 Å². The number of amides is 1. The average molecular weight is 317 g/mol. The Balaban J connectivity index is 2.31. The van der Waals surface area contributed by atoms with Crippen molar-refractivity contribution in [2.45, 2.75) is 25.2 Å². The summed E-state index contributed by atoms with van der Waals surface area (Å²) in [6.07, 6.45) is 0.134. The number of benzene rings is 1. The highest BCUT2D eigenvalue weighted by Gasteiger charge is 2.20. The maximum atomic E-state index is 12.1. The van der Waals surface area contributed by atoms with Crippen molar-refractivity contribution in [2.24, 2.45) is 5.92 Å². The average Bonchev–Trinajstić information content (AvgIpc) is 2.69. The molecule has 108 valence electrons. The number of carbonyl (C=O) groups excluding carboxylic acids is 1. The van der Waals surface area contributed by atoms with Crippen molar-refractivity contribution in [1.82, 2.24) is 9.88 Å². The zero-order valence-corrected chi connectivity index (χ0v) is 12.5. The molecule has 0 radical (unpaired) electrons. The number of aromatic nitrogens is 1. The molecule has 0 spiro atoms. The van der Waals surface area contributed by atoms with Crippen LogP contribution in [0.3, 0.4) is 0 Å². The first kappa shape index (κ1) is 14.8. The van der Waals surface area contributed by atoms with Crippen LogP contribution in [0.15, 0.2) is 27.6 Å². The van der Waals surface area contributed by atoms with Gasteiger partial charge < -0.3 is 4.52 Å². The number of rotatable bonds is 4. The van der Waals surface area contributed by atoms with Crippen LogP contribution >= 0.6 is 11.6 Å². The summed E-state index contributed by atoms with van der Waals surface area (Å²) in [6.45, 7) is 3.66. The Morgan fingerprint density at radius 3 is 2.80 bits per heavy atom. The molecule has 0 saturated heterocycles. The second kappa shape index (κ2) is 5.41. The van der Waals surface area contributed by atoms with Gasteiger partial charge in [0.15, 0.2) is 10.7 Å². The van der Waals surface area contributed by atoms with Gasteiger partial charge in [0.1, 0.15) is 0 Å². The molecule has 0 bridgehead atoms. The van der Waals surface area contributed by atoms with E-state index in [1.54, 1.807) is 0 Å². The summed E-state index contributed by atoms with van der Waals surface area (Å²) in [5, 5.41) is 3.98. The summed E-state index contributed by atoms with van der Waals surface area (Å²) in [7, 11) is -3.92. The van der Waals surface area contributed by atoms with Gasteiger partial charge in [0, 0.05) is 6.42 Å². The van der Waals surface area contributed by atoms with Gasteiger partial charge >= 0.3 is 0 Å². The lowest BCUT2D eigenvalue weighted by molar-refractivity contribution is -0.120. The highest BCUT2D eigenvalue weighted by molar-refractivity contribution is 7.90. The van der Waals surface area contributed by atoms with Gasteiger partial charge in [-0.1, -0.05) is 30.6 Å². The molecule has 0 aliphatic rings. The van der Waals surface area contributed by atoms with Crippen LogP contribution in [-0.2, 0) is 14.8 Å². The molecule has 6 nitrogen and oxygen atoms in total. The van der Waals surface area contributed by atoms with E-state index in [0.717, 1.165) is 0 Å². The smallest absolute Gasteiger partial charge is 0.264 e. The van der Waals surface area contributed by atoms with Crippen LogP contribution in [0.1, 0.15) is 20.3 Å². The number of nitrogens with one attached hydrogen (secondary N) is 1. The number of carbonyl (C=O) groups is 1. The van der Waals surface area contributed by atoms with Crippen molar-refractivity contribution < 1.29 is 17.7 Å². The van der Waals surface area contributed by atoms with E-state index in [0.29, 0.717) is 11.0 Å². The Bertz CT molecular complexity index is 752. The molecule has 0 fully saturated rings. The van der Waals surface area contributed by atoms with Gasteiger partial charge in [0.25, 0.3) is 10.0 Å². The molecule has 1 N–H and O–H groups in total. The first-order chi connectivity index (χ1) is 9.29. The molecule has 2 rings (SSSR count). The summed E-state index contributed by atoms with van der Waals surface area (Å²) >= 11 is 5.78. The number of fused-ring (bicyclic) bond motifs is 1. The molecule has 0 aliphatic heterocycles. The van der Waals surface area contributed by atoms with Gasteiger partial charge in [-0.2, -0.15) is 0 Å². The minimum absolute atomic E-state index is 0.0628. The highest BCUT2D eigenvalue weighted by atomic mass is 35.5. The van der Waals surface area contributed by atoms with E-state index in [4.69, 9.17) is 16.1 Å². The summed E-state index contributed by atoms with van der Waals surface area (Å²) in [4.78, 5) is 11.5. The van der Waals surface area contributed by atoms with Crippen molar-refractivity contribution >= 4 is 38.5 Å². The molecule has 1 heterocycles. The minimum Gasteiger partial charge on any atom is -0.355 e. The first-order valence-corrected chi connectivity index (χ1v) is 7.76. The van der Waals surface area contributed by atoms with Crippen molar-refractivity contribution in [3.8, 4) is 0 Å². The maximum absolute atomic E-state index is 12.1. The lowest BCUT2D eigenvalue weighted by Gasteiger charge is -2.08. The molecule has 0 unspecified atom stereocenters. The van der Waals surface area contributed by atoms with E-state index in [1.165, 1.54) is 18.2 Å². The van der Waals surface area contributed by atoms with Gasteiger partial charge in [-0.05, 0) is 24.1 Å². The standard InChI is InChI=1S/C12H13ClN2O4S/c1-7(2)5-11(16)15-20(17,18)8-3-4-10-9(6-8)12(13)14-19-10/h3-4,6-7H,5H2,1-2H3,(H,15,16). The van der Waals surface area contributed by atoms with Crippen LogP contribution < -0.4 is 4.72 Å². The zero-order valence-electron chi connectivity index (χ0n) is 10.9. The molecule has 0 atom stereocenters. The molecule has 2 aromatic rings. The van der Waals surface area contributed by atoms with Gasteiger partial charge in [-0.25, -0.2) is 13.1 Å².